The summed E-state index contributed by atoms with van der Waals surface area (Å²) in [7, 11) is -4.67. The van der Waals surface area contributed by atoms with E-state index < -0.39 is 10.4 Å². The van der Waals surface area contributed by atoms with Crippen molar-refractivity contribution in [1.82, 2.24) is 6.15 Å². The monoisotopic (exact) mass is 123 g/mol. The van der Waals surface area contributed by atoms with Crippen LogP contribution in [0.25, 0.3) is 0 Å². The van der Waals surface area contributed by atoms with E-state index in [1.807, 2.05) is 0 Å². The average Bonchev–Trinajstić information content (AvgIpc) is 0.722. The molecule has 0 aliphatic rings. The van der Waals surface area contributed by atoms with E-state index in [0.717, 1.165) is 0 Å². The van der Waals surface area contributed by atoms with Crippen molar-refractivity contribution < 1.29 is 17.5 Å². The summed E-state index contributed by atoms with van der Waals surface area (Å²) in [5.74, 6) is 0. The Kier molecular flexibility index (Phi) is 10.2. The molecule has 5 nitrogen and oxygen atoms in total. The fourth-order valence-corrected chi connectivity index (χ4v) is 0. The van der Waals surface area contributed by atoms with E-state index in [1.165, 1.54) is 0 Å². The Morgan fingerprint density at radius 1 is 1.14 bits per heavy atom. The Labute approximate surface area is 53.4 Å². The standard InChI is InChI=1S/Li.H3N.H2O4S.H/c;;1-5(2,3)4;/h;1H3;(H2,1,2,3,4);. The van der Waals surface area contributed by atoms with Gasteiger partial charge in [0, 0.05) is 0 Å². The topological polar surface area (TPSA) is 110 Å². The van der Waals surface area contributed by atoms with Gasteiger partial charge in [0.05, 0.1) is 0 Å². The zero-order valence-corrected chi connectivity index (χ0v) is 3.64. The molecule has 0 spiro atoms. The molecule has 0 aromatic carbocycles. The molecule has 0 saturated carbocycles. The van der Waals surface area contributed by atoms with Gasteiger partial charge in [-0.05, 0) is 0 Å². The van der Waals surface area contributed by atoms with Gasteiger partial charge in [-0.2, -0.15) is 8.42 Å². The predicted octanol–water partition coefficient (Wildman–Crippen LogP) is -1.14. The van der Waals surface area contributed by atoms with Crippen molar-refractivity contribution in [3.63, 3.8) is 0 Å². The Morgan fingerprint density at radius 2 is 1.14 bits per heavy atom. The average molecular weight is 123 g/mol. The van der Waals surface area contributed by atoms with Crippen molar-refractivity contribution in [3.8, 4) is 0 Å². The molecule has 0 bridgehead atoms. The Hall–Kier alpha value is 0.427. The van der Waals surface area contributed by atoms with Crippen LogP contribution in [0.1, 0.15) is 0 Å². The first kappa shape index (κ1) is 15.7. The molecule has 0 heterocycles. The van der Waals surface area contributed by atoms with Crippen molar-refractivity contribution in [1.29, 1.82) is 0 Å². The third-order valence-electron chi connectivity index (χ3n) is 0. The third-order valence-corrected chi connectivity index (χ3v) is 0. The molecule has 0 aromatic heterocycles. The van der Waals surface area contributed by atoms with Crippen LogP contribution in [0.2, 0.25) is 0 Å². The van der Waals surface area contributed by atoms with E-state index >= 15 is 0 Å². The van der Waals surface area contributed by atoms with Gasteiger partial charge >= 0.3 is 29.3 Å². The third kappa shape index (κ3) is 690. The van der Waals surface area contributed by atoms with E-state index in [2.05, 4.69) is 0 Å². The van der Waals surface area contributed by atoms with E-state index in [-0.39, 0.29) is 25.0 Å². The summed E-state index contributed by atoms with van der Waals surface area (Å²) in [5.41, 5.74) is 0. The Morgan fingerprint density at radius 3 is 1.14 bits per heavy atom. The first-order valence-electron chi connectivity index (χ1n) is 0.698. The summed E-state index contributed by atoms with van der Waals surface area (Å²) in [6, 6.07) is 0. The van der Waals surface area contributed by atoms with Crippen molar-refractivity contribution >= 4 is 29.3 Å². The van der Waals surface area contributed by atoms with Crippen molar-refractivity contribution in [2.75, 3.05) is 0 Å². The summed E-state index contributed by atoms with van der Waals surface area (Å²) in [4.78, 5) is 0. The molecule has 0 aromatic rings. The molecule has 0 aliphatic carbocycles. The quantitative estimate of drug-likeness (QED) is 0.278. The summed E-state index contributed by atoms with van der Waals surface area (Å²) in [6.45, 7) is 0. The van der Waals surface area contributed by atoms with Gasteiger partial charge in [-0.1, -0.05) is 0 Å². The first-order valence-corrected chi connectivity index (χ1v) is 2.10. The summed E-state index contributed by atoms with van der Waals surface area (Å²) in [6.07, 6.45) is 0. The van der Waals surface area contributed by atoms with E-state index in [4.69, 9.17) is 17.5 Å². The van der Waals surface area contributed by atoms with Crippen LogP contribution >= 0.6 is 0 Å². The molecule has 7 heteroatoms. The van der Waals surface area contributed by atoms with Crippen molar-refractivity contribution in [2.45, 2.75) is 0 Å². The first-order chi connectivity index (χ1) is 2.00. The van der Waals surface area contributed by atoms with Crippen LogP contribution in [0.15, 0.2) is 0 Å². The SMILES string of the molecule is N.O=S(=O)(O)O.[LiH]. The second-order valence-electron chi connectivity index (χ2n) is 0.448. The minimum atomic E-state index is -4.67. The molecular formula is H6LiNO4S. The maximum absolute atomic E-state index is 8.74. The van der Waals surface area contributed by atoms with Crippen LogP contribution in [-0.4, -0.2) is 36.4 Å². The van der Waals surface area contributed by atoms with Gasteiger partial charge in [0.2, 0.25) is 0 Å². The molecule has 0 amide bonds. The normalized spacial score (nSPS) is 8.29. The molecule has 5 N–H and O–H groups in total. The maximum atomic E-state index is 8.74. The van der Waals surface area contributed by atoms with E-state index in [1.54, 1.807) is 0 Å². The zero-order chi connectivity index (χ0) is 4.50. The number of hydrogen-bond donors (Lipinski definition) is 3. The zero-order valence-electron chi connectivity index (χ0n) is 2.83. The van der Waals surface area contributed by atoms with Gasteiger partial charge < -0.3 is 6.15 Å². The van der Waals surface area contributed by atoms with Gasteiger partial charge in [0.25, 0.3) is 0 Å². The molecule has 0 rings (SSSR count). The summed E-state index contributed by atoms with van der Waals surface area (Å²) >= 11 is 0. The van der Waals surface area contributed by atoms with E-state index in [0.29, 0.717) is 0 Å². The molecule has 0 atom stereocenters. The van der Waals surface area contributed by atoms with Gasteiger partial charge in [0.1, 0.15) is 0 Å². The van der Waals surface area contributed by atoms with Crippen LogP contribution in [0.5, 0.6) is 0 Å². The van der Waals surface area contributed by atoms with Crippen LogP contribution in [0.3, 0.4) is 0 Å². The Bertz CT molecular complexity index is 94.9. The molecule has 0 aliphatic heterocycles. The second-order valence-corrected chi connectivity index (χ2v) is 1.34. The van der Waals surface area contributed by atoms with Gasteiger partial charge in [-0.25, -0.2) is 0 Å². The van der Waals surface area contributed by atoms with Crippen molar-refractivity contribution in [3.05, 3.63) is 0 Å². The fraction of sp³-hybridized carbons (Fsp3) is 0. The minimum absolute atomic E-state index is 0. The molecule has 0 unspecified atom stereocenters. The summed E-state index contributed by atoms with van der Waals surface area (Å²) < 4.78 is 31.6. The molecule has 0 saturated heterocycles. The molecule has 0 fully saturated rings. The second kappa shape index (κ2) is 4.58. The van der Waals surface area contributed by atoms with Gasteiger partial charge in [-0.3, -0.25) is 9.11 Å². The summed E-state index contributed by atoms with van der Waals surface area (Å²) in [5, 5.41) is 0. The number of hydrogen-bond acceptors (Lipinski definition) is 3. The molecule has 42 valence electrons. The Balaban J connectivity index is -0.0000000800. The van der Waals surface area contributed by atoms with Gasteiger partial charge in [0.15, 0.2) is 0 Å². The number of rotatable bonds is 0. The van der Waals surface area contributed by atoms with Crippen LogP contribution < -0.4 is 6.15 Å². The molecular weight excluding hydrogens is 117 g/mol. The van der Waals surface area contributed by atoms with E-state index in [9.17, 15) is 0 Å². The van der Waals surface area contributed by atoms with Crippen molar-refractivity contribution in [2.24, 2.45) is 0 Å². The van der Waals surface area contributed by atoms with Gasteiger partial charge in [-0.15, -0.1) is 0 Å². The van der Waals surface area contributed by atoms with Crippen LogP contribution in [0, 0.1) is 0 Å². The molecule has 7 heavy (non-hydrogen) atoms. The predicted molar refractivity (Wildman–Crippen MR) is 26.3 cm³/mol. The molecule has 0 radical (unpaired) electrons. The fourth-order valence-electron chi connectivity index (χ4n) is 0. The van der Waals surface area contributed by atoms with Crippen LogP contribution in [0.4, 0.5) is 0 Å². The van der Waals surface area contributed by atoms with Crippen LogP contribution in [-0.2, 0) is 10.4 Å².